The van der Waals surface area contributed by atoms with Crippen LogP contribution in [-0.2, 0) is 15.5 Å². The molecule has 4 aromatic carbocycles. The molecule has 3 unspecified atom stereocenters. The van der Waals surface area contributed by atoms with Crippen LogP contribution in [0.3, 0.4) is 0 Å². The van der Waals surface area contributed by atoms with Gasteiger partial charge in [0.15, 0.2) is 12.1 Å². The molecule has 2 aliphatic heterocycles. The zero-order valence-electron chi connectivity index (χ0n) is 25.9. The monoisotopic (exact) mass is 705 g/mol. The van der Waals surface area contributed by atoms with Crippen LogP contribution < -0.4 is 15.8 Å². The Morgan fingerprint density at radius 3 is 2.23 bits per heavy atom. The molecule has 3 aliphatic rings. The third-order valence-corrected chi connectivity index (χ3v) is 10.6. The lowest BCUT2D eigenvalue weighted by Crippen LogP contribution is -2.61. The van der Waals surface area contributed by atoms with Crippen LogP contribution >= 0.6 is 15.9 Å². The molecule has 0 radical (unpaired) electrons. The lowest BCUT2D eigenvalue weighted by atomic mass is 9.93. The molecule has 2 saturated heterocycles. The number of carbonyl (C=O) groups is 2. The highest BCUT2D eigenvalue weighted by atomic mass is 79.9. The van der Waals surface area contributed by atoms with Gasteiger partial charge >= 0.3 is 5.92 Å². The number of piperidine rings is 1. The summed E-state index contributed by atoms with van der Waals surface area (Å²) in [6.07, 6.45) is 5.21. The molecule has 10 heteroatoms. The largest absolute Gasteiger partial charge is 0.490 e. The van der Waals surface area contributed by atoms with Gasteiger partial charge in [0.05, 0.1) is 6.10 Å². The highest BCUT2D eigenvalue weighted by Gasteiger charge is 2.53. The highest BCUT2D eigenvalue weighted by molar-refractivity contribution is 9.10. The zero-order chi connectivity index (χ0) is 32.9. The van der Waals surface area contributed by atoms with Crippen LogP contribution in [0.4, 0.5) is 8.78 Å². The molecule has 1 saturated carbocycles. The van der Waals surface area contributed by atoms with Gasteiger partial charge in [-0.1, -0.05) is 52.3 Å². The van der Waals surface area contributed by atoms with Crippen molar-refractivity contribution in [2.45, 2.75) is 93.7 Å². The lowest BCUT2D eigenvalue weighted by molar-refractivity contribution is -0.155. The van der Waals surface area contributed by atoms with Gasteiger partial charge in [0.1, 0.15) is 5.75 Å². The van der Waals surface area contributed by atoms with Crippen LogP contribution in [0, 0.1) is 0 Å². The number of nitrogens with zero attached hydrogens (tertiary/aromatic N) is 1. The molecule has 4 aromatic rings. The van der Waals surface area contributed by atoms with Gasteiger partial charge in [0.2, 0.25) is 0 Å². The van der Waals surface area contributed by atoms with Crippen LogP contribution in [-0.4, -0.2) is 52.1 Å². The molecule has 2 bridgehead atoms. The van der Waals surface area contributed by atoms with Gasteiger partial charge in [-0.15, -0.1) is 0 Å². The minimum atomic E-state index is -3.79. The molecule has 4 atom stereocenters. The van der Waals surface area contributed by atoms with E-state index in [9.17, 15) is 14.7 Å². The van der Waals surface area contributed by atoms with E-state index in [1.165, 1.54) is 17.0 Å². The van der Waals surface area contributed by atoms with Gasteiger partial charge in [-0.3, -0.25) is 9.59 Å². The number of ether oxygens (including phenoxy) is 1. The number of benzene rings is 4. The predicted molar refractivity (Wildman–Crippen MR) is 180 cm³/mol. The van der Waals surface area contributed by atoms with E-state index in [-0.39, 0.29) is 29.8 Å². The third-order valence-electron chi connectivity index (χ3n) is 10.1. The number of rotatable bonds is 8. The second-order valence-corrected chi connectivity index (χ2v) is 14.2. The molecular weight excluding hydrogens is 668 g/mol. The van der Waals surface area contributed by atoms with Crippen molar-refractivity contribution in [2.24, 2.45) is 5.73 Å². The van der Waals surface area contributed by atoms with Crippen molar-refractivity contribution in [3.05, 3.63) is 88.4 Å². The number of halogens is 3. The fourth-order valence-electron chi connectivity index (χ4n) is 7.68. The number of nitrogens with two attached hydrogens (primary N) is 1. The summed E-state index contributed by atoms with van der Waals surface area (Å²) in [5, 5.41) is 16.4. The molecule has 246 valence electrons. The second kappa shape index (κ2) is 12.8. The lowest BCUT2D eigenvalue weighted by Gasteiger charge is -2.41. The number of alkyl halides is 2. The molecule has 0 aromatic heterocycles. The summed E-state index contributed by atoms with van der Waals surface area (Å²) in [6.45, 7) is 0. The fraction of sp³-hybridized carbons (Fsp3) is 0.405. The van der Waals surface area contributed by atoms with Gasteiger partial charge in [-0.05, 0) is 115 Å². The Kier molecular flexibility index (Phi) is 8.70. The average molecular weight is 707 g/mol. The number of fused-ring (bicyclic) bond motifs is 4. The van der Waals surface area contributed by atoms with Crippen LogP contribution in [0.5, 0.6) is 5.75 Å². The van der Waals surface area contributed by atoms with Crippen molar-refractivity contribution in [1.29, 1.82) is 0 Å². The van der Waals surface area contributed by atoms with Gasteiger partial charge in [0, 0.05) is 28.2 Å². The molecule has 1 aliphatic carbocycles. The van der Waals surface area contributed by atoms with E-state index >= 15 is 8.78 Å². The quantitative estimate of drug-likeness (QED) is 0.186. The maximum Gasteiger partial charge on any atom is 0.302 e. The number of nitrogens with one attached hydrogen (secondary N) is 1. The van der Waals surface area contributed by atoms with E-state index in [0.29, 0.717) is 31.1 Å². The minimum absolute atomic E-state index is 0.106. The van der Waals surface area contributed by atoms with E-state index in [4.69, 9.17) is 10.5 Å². The summed E-state index contributed by atoms with van der Waals surface area (Å²) < 4.78 is 40.1. The molecule has 4 N–H and O–H groups in total. The molecule has 0 spiro atoms. The molecule has 47 heavy (non-hydrogen) atoms. The Hall–Kier alpha value is -3.60. The van der Waals surface area contributed by atoms with E-state index in [2.05, 4.69) is 21.2 Å². The Balaban J connectivity index is 1.17. The van der Waals surface area contributed by atoms with Gasteiger partial charge in [-0.25, -0.2) is 0 Å². The Bertz CT molecular complexity index is 1820. The molecule has 2 amide bonds. The van der Waals surface area contributed by atoms with Crippen molar-refractivity contribution in [2.75, 3.05) is 0 Å². The van der Waals surface area contributed by atoms with Crippen molar-refractivity contribution in [3.63, 3.8) is 0 Å². The number of hydrogen-bond acceptors (Lipinski definition) is 5. The minimum Gasteiger partial charge on any atom is -0.490 e. The van der Waals surface area contributed by atoms with E-state index in [1.807, 2.05) is 24.3 Å². The topological polar surface area (TPSA) is 105 Å². The summed E-state index contributed by atoms with van der Waals surface area (Å²) in [7, 11) is 0. The SMILES string of the molecule is NC1CC2CCC(C1)N2C(=O)[C@@H](NC(=O)C(O)c1ccc2cc(OC3CCCC3)ccc2c1)C(F)(F)c1ccc2cc(Br)ccc2c1. The van der Waals surface area contributed by atoms with Gasteiger partial charge in [0.25, 0.3) is 11.8 Å². The predicted octanol–water partition coefficient (Wildman–Crippen LogP) is 6.87. The first-order valence-electron chi connectivity index (χ1n) is 16.4. The summed E-state index contributed by atoms with van der Waals surface area (Å²) >= 11 is 3.41. The van der Waals surface area contributed by atoms with Crippen LogP contribution in [0.1, 0.15) is 68.6 Å². The van der Waals surface area contributed by atoms with E-state index < -0.39 is 35.4 Å². The smallest absolute Gasteiger partial charge is 0.302 e. The summed E-state index contributed by atoms with van der Waals surface area (Å²) in [5.41, 5.74) is 6.03. The molecular formula is C37H38BrF2N3O4. The van der Waals surface area contributed by atoms with Crippen molar-refractivity contribution >= 4 is 49.3 Å². The summed E-state index contributed by atoms with van der Waals surface area (Å²) in [5.74, 6) is -4.97. The summed E-state index contributed by atoms with van der Waals surface area (Å²) in [6, 6.07) is 17.3. The Morgan fingerprint density at radius 2 is 1.49 bits per heavy atom. The fourth-order valence-corrected chi connectivity index (χ4v) is 8.06. The first kappa shape index (κ1) is 32.0. The zero-order valence-corrected chi connectivity index (χ0v) is 27.5. The molecule has 7 rings (SSSR count). The Labute approximate surface area is 280 Å². The van der Waals surface area contributed by atoms with Crippen LogP contribution in [0.15, 0.2) is 77.3 Å². The maximum atomic E-state index is 16.6. The maximum absolute atomic E-state index is 16.6. The number of carbonyl (C=O) groups excluding carboxylic acids is 2. The van der Waals surface area contributed by atoms with Gasteiger partial charge < -0.3 is 25.8 Å². The normalized spacial score (nSPS) is 22.8. The standard InChI is InChI=1S/C37H38BrF2N3O4/c38-27-11-8-22-16-26(10-7-23(22)17-27)37(39,40)34(36(46)43-29-12-13-30(43)20-28(41)19-29)42-35(45)33(44)25-6-5-24-18-32(14-9-21(24)15-25)47-31-3-1-2-4-31/h5-11,14-18,28-31,33-34,44H,1-4,12-13,19-20,41H2,(H,42,45)/t28?,29?,30?,33?,34-/m1/s1. The summed E-state index contributed by atoms with van der Waals surface area (Å²) in [4.78, 5) is 29.2. The second-order valence-electron chi connectivity index (χ2n) is 13.3. The van der Waals surface area contributed by atoms with Crippen LogP contribution in [0.25, 0.3) is 21.5 Å². The number of aliphatic hydroxyl groups is 1. The highest BCUT2D eigenvalue weighted by Crippen LogP contribution is 2.40. The van der Waals surface area contributed by atoms with E-state index in [1.54, 1.807) is 36.4 Å². The first-order chi connectivity index (χ1) is 22.6. The average Bonchev–Trinajstić information content (AvgIpc) is 3.67. The number of hydrogen-bond donors (Lipinski definition) is 3. The number of aliphatic hydroxyl groups excluding tert-OH is 1. The van der Waals surface area contributed by atoms with Gasteiger partial charge in [-0.2, -0.15) is 8.78 Å². The molecule has 3 fully saturated rings. The van der Waals surface area contributed by atoms with Crippen LogP contribution in [0.2, 0.25) is 0 Å². The van der Waals surface area contributed by atoms with Crippen molar-refractivity contribution < 1.29 is 28.2 Å². The number of amides is 2. The third kappa shape index (κ3) is 6.35. The Morgan fingerprint density at radius 1 is 0.872 bits per heavy atom. The van der Waals surface area contributed by atoms with Crippen molar-refractivity contribution in [3.8, 4) is 5.75 Å². The van der Waals surface area contributed by atoms with E-state index in [0.717, 1.165) is 52.1 Å². The molecule has 7 nitrogen and oxygen atoms in total. The van der Waals surface area contributed by atoms with Crippen molar-refractivity contribution in [1.82, 2.24) is 10.2 Å². The molecule has 2 heterocycles. The first-order valence-corrected chi connectivity index (χ1v) is 17.2.